The lowest BCUT2D eigenvalue weighted by Crippen LogP contribution is -2.58. The molecule has 4 aromatic rings. The molecule has 0 N–H and O–H groups in total. The van der Waals surface area contributed by atoms with E-state index in [2.05, 4.69) is 10.0 Å². The summed E-state index contributed by atoms with van der Waals surface area (Å²) in [5, 5.41) is 4.21. The van der Waals surface area contributed by atoms with Crippen LogP contribution in [0.1, 0.15) is 16.7 Å². The molecule has 0 bridgehead atoms. The zero-order valence-corrected chi connectivity index (χ0v) is 23.5. The quantitative estimate of drug-likeness (QED) is 0.0945. The molecular formula is C33H33N3O4S. The first kappa shape index (κ1) is 28.9. The van der Waals surface area contributed by atoms with Crippen LogP contribution < -0.4 is 0 Å². The highest BCUT2D eigenvalue weighted by atomic mass is 32.2. The smallest absolute Gasteiger partial charge is 0.119 e. The second-order valence-corrected chi connectivity index (χ2v) is 10.9. The molecule has 5 rings (SSSR count). The summed E-state index contributed by atoms with van der Waals surface area (Å²) in [6, 6.07) is 39.3. The van der Waals surface area contributed by atoms with Crippen molar-refractivity contribution in [3.8, 4) is 0 Å². The lowest BCUT2D eigenvalue weighted by molar-refractivity contribution is -0.211. The van der Waals surface area contributed by atoms with Gasteiger partial charge in [-0.3, -0.25) is 0 Å². The standard InChI is InChI=1S/C33H33N3O4S/c34-36-35-30-32(39-23-27-17-9-3-10-18-27)31(38-22-26-15-7-2-8-16-26)29(24-37-21-25-13-5-1-6-14-25)40-33(30)41-28-19-11-4-12-20-28/h1-20,29-33H,21-24H2/t29-,30+,31-,32-,33-/m1/s1. The molecule has 0 amide bonds. The molecule has 41 heavy (non-hydrogen) atoms. The van der Waals surface area contributed by atoms with Crippen LogP contribution in [0.2, 0.25) is 0 Å². The number of nitrogens with zero attached hydrogens (tertiary/aromatic N) is 3. The van der Waals surface area contributed by atoms with Gasteiger partial charge in [0.05, 0.1) is 32.5 Å². The molecule has 5 atom stereocenters. The fourth-order valence-electron chi connectivity index (χ4n) is 4.73. The van der Waals surface area contributed by atoms with E-state index in [0.29, 0.717) is 19.8 Å². The van der Waals surface area contributed by atoms with Gasteiger partial charge in [-0.15, -0.1) is 0 Å². The van der Waals surface area contributed by atoms with Crippen molar-refractivity contribution in [2.24, 2.45) is 5.11 Å². The van der Waals surface area contributed by atoms with Gasteiger partial charge in [0, 0.05) is 9.81 Å². The fourth-order valence-corrected chi connectivity index (χ4v) is 5.86. The van der Waals surface area contributed by atoms with Crippen LogP contribution in [0.5, 0.6) is 0 Å². The molecule has 0 spiro atoms. The molecule has 210 valence electrons. The third kappa shape index (κ3) is 8.44. The van der Waals surface area contributed by atoms with Crippen molar-refractivity contribution >= 4 is 11.8 Å². The van der Waals surface area contributed by atoms with Crippen molar-refractivity contribution in [1.29, 1.82) is 0 Å². The largest absolute Gasteiger partial charge is 0.374 e. The second kappa shape index (κ2) is 15.4. The Kier molecular flexibility index (Phi) is 10.9. The van der Waals surface area contributed by atoms with Crippen LogP contribution in [0.25, 0.3) is 10.4 Å². The molecule has 8 heteroatoms. The van der Waals surface area contributed by atoms with E-state index in [4.69, 9.17) is 18.9 Å². The topological polar surface area (TPSA) is 85.7 Å². The summed E-state index contributed by atoms with van der Waals surface area (Å²) in [6.45, 7) is 1.43. The number of rotatable bonds is 13. The van der Waals surface area contributed by atoms with Gasteiger partial charge in [0.2, 0.25) is 0 Å². The highest BCUT2D eigenvalue weighted by Gasteiger charge is 2.47. The van der Waals surface area contributed by atoms with E-state index in [1.54, 1.807) is 0 Å². The summed E-state index contributed by atoms with van der Waals surface area (Å²) in [6.07, 6.45) is -1.58. The first-order valence-corrected chi connectivity index (χ1v) is 14.5. The molecule has 1 aliphatic heterocycles. The van der Waals surface area contributed by atoms with Crippen molar-refractivity contribution in [3.63, 3.8) is 0 Å². The van der Waals surface area contributed by atoms with E-state index < -0.39 is 29.8 Å². The molecule has 0 aromatic heterocycles. The first-order valence-electron chi connectivity index (χ1n) is 13.6. The van der Waals surface area contributed by atoms with Gasteiger partial charge in [-0.05, 0) is 34.4 Å². The van der Waals surface area contributed by atoms with Crippen molar-refractivity contribution < 1.29 is 18.9 Å². The predicted octanol–water partition coefficient (Wildman–Crippen LogP) is 7.57. The Labute approximate surface area is 245 Å². The van der Waals surface area contributed by atoms with Crippen molar-refractivity contribution in [3.05, 3.63) is 148 Å². The third-order valence-electron chi connectivity index (χ3n) is 6.76. The van der Waals surface area contributed by atoms with Crippen LogP contribution in [0, 0.1) is 0 Å². The molecule has 7 nitrogen and oxygen atoms in total. The lowest BCUT2D eigenvalue weighted by Gasteiger charge is -2.44. The molecule has 4 aromatic carbocycles. The third-order valence-corrected chi connectivity index (χ3v) is 7.93. The van der Waals surface area contributed by atoms with Gasteiger partial charge in [0.15, 0.2) is 0 Å². The molecule has 0 aliphatic carbocycles. The molecule has 0 unspecified atom stereocenters. The molecule has 0 radical (unpaired) electrons. The van der Waals surface area contributed by atoms with Gasteiger partial charge < -0.3 is 18.9 Å². The van der Waals surface area contributed by atoms with E-state index in [9.17, 15) is 5.53 Å². The zero-order chi connectivity index (χ0) is 28.1. The SMILES string of the molecule is [N-]=[N+]=N[C@H]1[C@@H](OCc2ccccc2)[C@H](OCc2ccccc2)[C@@H](COCc2ccccc2)O[C@@H]1Sc1ccccc1. The van der Waals surface area contributed by atoms with Crippen LogP contribution >= 0.6 is 11.8 Å². The predicted molar refractivity (Wildman–Crippen MR) is 160 cm³/mol. The van der Waals surface area contributed by atoms with Gasteiger partial charge in [-0.25, -0.2) is 0 Å². The van der Waals surface area contributed by atoms with E-state index >= 15 is 0 Å². The Morgan fingerprint density at radius 3 is 1.68 bits per heavy atom. The highest BCUT2D eigenvalue weighted by molar-refractivity contribution is 7.99. The summed E-state index contributed by atoms with van der Waals surface area (Å²) in [4.78, 5) is 4.21. The first-order chi connectivity index (χ1) is 20.3. The van der Waals surface area contributed by atoms with Crippen molar-refractivity contribution in [1.82, 2.24) is 0 Å². The molecule has 1 fully saturated rings. The number of ether oxygens (including phenoxy) is 4. The van der Waals surface area contributed by atoms with E-state index in [1.165, 1.54) is 11.8 Å². The molecule has 0 saturated carbocycles. The Balaban J connectivity index is 1.43. The zero-order valence-electron chi connectivity index (χ0n) is 22.6. The van der Waals surface area contributed by atoms with Gasteiger partial charge >= 0.3 is 0 Å². The lowest BCUT2D eigenvalue weighted by atomic mass is 9.97. The summed E-state index contributed by atoms with van der Waals surface area (Å²) in [7, 11) is 0. The summed E-state index contributed by atoms with van der Waals surface area (Å²) in [5.74, 6) is 0. The average molecular weight is 568 g/mol. The minimum Gasteiger partial charge on any atom is -0.374 e. The minimum absolute atomic E-state index is 0.286. The number of benzene rings is 4. The minimum atomic E-state index is -0.639. The summed E-state index contributed by atoms with van der Waals surface area (Å²) in [5.41, 5.74) is 12.2. The second-order valence-electron chi connectivity index (χ2n) is 9.69. The molecule has 1 heterocycles. The number of thioether (sulfide) groups is 1. The maximum Gasteiger partial charge on any atom is 0.119 e. The van der Waals surface area contributed by atoms with Crippen LogP contribution in [0.3, 0.4) is 0 Å². The Morgan fingerprint density at radius 1 is 0.659 bits per heavy atom. The normalized spacial score (nSPS) is 22.1. The van der Waals surface area contributed by atoms with Gasteiger partial charge in [0.25, 0.3) is 0 Å². The van der Waals surface area contributed by atoms with Gasteiger partial charge in [0.1, 0.15) is 23.7 Å². The summed E-state index contributed by atoms with van der Waals surface area (Å²) < 4.78 is 25.9. The molecule has 1 saturated heterocycles. The van der Waals surface area contributed by atoms with Crippen molar-refractivity contribution in [2.75, 3.05) is 6.61 Å². The fraction of sp³-hybridized carbons (Fsp3) is 0.273. The maximum absolute atomic E-state index is 9.61. The summed E-state index contributed by atoms with van der Waals surface area (Å²) >= 11 is 1.51. The van der Waals surface area contributed by atoms with Crippen LogP contribution in [-0.2, 0) is 38.8 Å². The Morgan fingerprint density at radius 2 is 1.15 bits per heavy atom. The molecule has 1 aliphatic rings. The van der Waals surface area contributed by atoms with E-state index in [-0.39, 0.29) is 6.61 Å². The number of azide groups is 1. The van der Waals surface area contributed by atoms with E-state index in [1.807, 2.05) is 121 Å². The van der Waals surface area contributed by atoms with E-state index in [0.717, 1.165) is 21.6 Å². The molecular weight excluding hydrogens is 534 g/mol. The Bertz CT molecular complexity index is 1360. The monoisotopic (exact) mass is 567 g/mol. The number of hydrogen-bond donors (Lipinski definition) is 0. The highest BCUT2D eigenvalue weighted by Crippen LogP contribution is 2.38. The Hall–Kier alpha value is -3.62. The van der Waals surface area contributed by atoms with Crippen molar-refractivity contribution in [2.45, 2.75) is 54.5 Å². The van der Waals surface area contributed by atoms with Crippen LogP contribution in [0.15, 0.2) is 131 Å². The van der Waals surface area contributed by atoms with Crippen LogP contribution in [0.4, 0.5) is 0 Å². The van der Waals surface area contributed by atoms with Crippen LogP contribution in [-0.4, -0.2) is 36.4 Å². The average Bonchev–Trinajstić information content (AvgIpc) is 3.03. The van der Waals surface area contributed by atoms with Gasteiger partial charge in [-0.1, -0.05) is 126 Å². The number of hydrogen-bond acceptors (Lipinski definition) is 6. The van der Waals surface area contributed by atoms with Gasteiger partial charge in [-0.2, -0.15) is 0 Å². The maximum atomic E-state index is 9.61.